The fraction of sp³-hybridized carbons (Fsp3) is 0.250. The van der Waals surface area contributed by atoms with E-state index in [9.17, 15) is 0 Å². The zero-order chi connectivity index (χ0) is 14.3. The third kappa shape index (κ3) is 2.63. The zero-order valence-corrected chi connectivity index (χ0v) is 14.8. The number of hydrogen-bond donors (Lipinski definition) is 0. The van der Waals surface area contributed by atoms with Crippen LogP contribution >= 0.6 is 43.5 Å². The van der Waals surface area contributed by atoms with Crippen molar-refractivity contribution in [1.29, 1.82) is 0 Å². The Morgan fingerprint density at radius 2 is 1.95 bits per heavy atom. The summed E-state index contributed by atoms with van der Waals surface area (Å²) in [7, 11) is 0. The molecule has 0 aliphatic carbocycles. The zero-order valence-electron chi connectivity index (χ0n) is 10.9. The van der Waals surface area contributed by atoms with Crippen molar-refractivity contribution in [3.8, 4) is 5.75 Å². The molecule has 104 valence electrons. The van der Waals surface area contributed by atoms with E-state index in [0.29, 0.717) is 0 Å². The second kappa shape index (κ2) is 5.70. The number of rotatable bonds is 2. The molecule has 20 heavy (non-hydrogen) atoms. The minimum Gasteiger partial charge on any atom is -0.493 e. The first-order chi connectivity index (χ1) is 9.56. The summed E-state index contributed by atoms with van der Waals surface area (Å²) in [6.45, 7) is 2.80. The summed E-state index contributed by atoms with van der Waals surface area (Å²) in [4.78, 5) is 0. The Bertz CT molecular complexity index is 670. The first kappa shape index (κ1) is 14.4. The fourth-order valence-corrected chi connectivity index (χ4v) is 4.22. The molecule has 0 amide bonds. The molecular formula is C16H13Br2ClO. The van der Waals surface area contributed by atoms with Crippen LogP contribution in [0.25, 0.3) is 0 Å². The lowest BCUT2D eigenvalue weighted by Crippen LogP contribution is -1.99. The highest BCUT2D eigenvalue weighted by Crippen LogP contribution is 2.43. The van der Waals surface area contributed by atoms with Gasteiger partial charge in [0.15, 0.2) is 0 Å². The molecule has 4 heteroatoms. The van der Waals surface area contributed by atoms with Crippen molar-refractivity contribution in [3.63, 3.8) is 0 Å². The van der Waals surface area contributed by atoms with Crippen molar-refractivity contribution < 1.29 is 4.74 Å². The van der Waals surface area contributed by atoms with Crippen LogP contribution in [-0.4, -0.2) is 6.61 Å². The second-order valence-corrected chi connectivity index (χ2v) is 7.18. The van der Waals surface area contributed by atoms with Gasteiger partial charge in [0.05, 0.1) is 12.0 Å². The molecule has 0 fully saturated rings. The van der Waals surface area contributed by atoms with Crippen LogP contribution in [0, 0.1) is 6.92 Å². The third-order valence-electron chi connectivity index (χ3n) is 3.48. The lowest BCUT2D eigenvalue weighted by Gasteiger charge is -2.16. The highest BCUT2D eigenvalue weighted by atomic mass is 79.9. The Morgan fingerprint density at radius 1 is 1.15 bits per heavy atom. The average Bonchev–Trinajstić information content (AvgIpc) is 2.85. The number of halogens is 3. The van der Waals surface area contributed by atoms with Gasteiger partial charge in [-0.1, -0.05) is 44.0 Å². The molecule has 1 unspecified atom stereocenters. The molecule has 0 aromatic heterocycles. The van der Waals surface area contributed by atoms with Gasteiger partial charge < -0.3 is 4.74 Å². The van der Waals surface area contributed by atoms with Gasteiger partial charge in [-0.25, -0.2) is 0 Å². The molecule has 1 atom stereocenters. The van der Waals surface area contributed by atoms with Crippen LogP contribution in [0.1, 0.15) is 27.6 Å². The standard InChI is InChI=1S/C16H13Br2ClO/c1-9-2-3-12(14(18)6-9)15(19)13-8-11(17)7-10-4-5-20-16(10)13/h2-3,6-8,15H,4-5H2,1H3. The molecule has 0 saturated heterocycles. The molecule has 1 heterocycles. The smallest absolute Gasteiger partial charge is 0.127 e. The summed E-state index contributed by atoms with van der Waals surface area (Å²) in [6.07, 6.45) is 0.945. The summed E-state index contributed by atoms with van der Waals surface area (Å²) in [5, 5.41) is -0.227. The van der Waals surface area contributed by atoms with Crippen molar-refractivity contribution in [2.24, 2.45) is 0 Å². The van der Waals surface area contributed by atoms with Crippen molar-refractivity contribution >= 4 is 43.5 Å². The molecule has 0 spiro atoms. The van der Waals surface area contributed by atoms with Crippen LogP contribution in [0.4, 0.5) is 0 Å². The van der Waals surface area contributed by atoms with E-state index in [2.05, 4.69) is 63.0 Å². The number of fused-ring (bicyclic) bond motifs is 1. The number of alkyl halides is 1. The lowest BCUT2D eigenvalue weighted by atomic mass is 10.00. The molecule has 0 N–H and O–H groups in total. The van der Waals surface area contributed by atoms with Gasteiger partial charge in [0.2, 0.25) is 0 Å². The summed E-state index contributed by atoms with van der Waals surface area (Å²) in [6, 6.07) is 10.4. The molecule has 2 aromatic carbocycles. The van der Waals surface area contributed by atoms with Crippen molar-refractivity contribution in [2.45, 2.75) is 18.7 Å². The topological polar surface area (TPSA) is 9.23 Å². The van der Waals surface area contributed by atoms with Crippen LogP contribution in [-0.2, 0) is 6.42 Å². The van der Waals surface area contributed by atoms with Crippen LogP contribution in [0.5, 0.6) is 5.75 Å². The maximum absolute atomic E-state index is 6.71. The van der Waals surface area contributed by atoms with E-state index in [4.69, 9.17) is 16.3 Å². The van der Waals surface area contributed by atoms with Gasteiger partial charge in [0.25, 0.3) is 0 Å². The van der Waals surface area contributed by atoms with E-state index in [1.807, 2.05) is 6.07 Å². The maximum Gasteiger partial charge on any atom is 0.127 e. The number of aryl methyl sites for hydroxylation is 1. The fourth-order valence-electron chi connectivity index (χ4n) is 2.49. The Hall–Kier alpha value is -0.510. The van der Waals surface area contributed by atoms with E-state index in [-0.39, 0.29) is 5.38 Å². The van der Waals surface area contributed by atoms with Gasteiger partial charge in [-0.2, -0.15) is 0 Å². The molecule has 1 aliphatic heterocycles. The normalized spacial score (nSPS) is 14.8. The number of ether oxygens (including phenoxy) is 1. The molecule has 1 aliphatic rings. The summed E-state index contributed by atoms with van der Waals surface area (Å²) >= 11 is 13.9. The Labute approximate surface area is 140 Å². The Kier molecular flexibility index (Phi) is 4.11. The quantitative estimate of drug-likeness (QED) is 0.564. The van der Waals surface area contributed by atoms with E-state index >= 15 is 0 Å². The van der Waals surface area contributed by atoms with E-state index in [1.165, 1.54) is 11.1 Å². The van der Waals surface area contributed by atoms with E-state index in [1.54, 1.807) is 0 Å². The first-order valence-corrected chi connectivity index (χ1v) is 8.44. The monoisotopic (exact) mass is 414 g/mol. The van der Waals surface area contributed by atoms with Gasteiger partial charge in [-0.3, -0.25) is 0 Å². The molecular weight excluding hydrogens is 403 g/mol. The number of benzene rings is 2. The van der Waals surface area contributed by atoms with Gasteiger partial charge in [-0.15, -0.1) is 11.6 Å². The maximum atomic E-state index is 6.71. The van der Waals surface area contributed by atoms with Gasteiger partial charge in [0, 0.05) is 20.9 Å². The predicted octanol–water partition coefficient (Wildman–Crippen LogP) is 5.78. The van der Waals surface area contributed by atoms with Crippen molar-refractivity contribution in [1.82, 2.24) is 0 Å². The Morgan fingerprint density at radius 3 is 2.70 bits per heavy atom. The van der Waals surface area contributed by atoms with Crippen molar-refractivity contribution in [3.05, 3.63) is 61.5 Å². The van der Waals surface area contributed by atoms with Crippen LogP contribution in [0.2, 0.25) is 0 Å². The summed E-state index contributed by atoms with van der Waals surface area (Å²) in [5.74, 6) is 0.945. The number of hydrogen-bond acceptors (Lipinski definition) is 1. The SMILES string of the molecule is Cc1ccc(C(Cl)c2cc(Br)cc3c2OCC3)c(Br)c1. The predicted molar refractivity (Wildman–Crippen MR) is 89.9 cm³/mol. The lowest BCUT2D eigenvalue weighted by molar-refractivity contribution is 0.353. The largest absolute Gasteiger partial charge is 0.493 e. The molecule has 0 saturated carbocycles. The molecule has 2 aromatic rings. The van der Waals surface area contributed by atoms with Gasteiger partial charge >= 0.3 is 0 Å². The van der Waals surface area contributed by atoms with Gasteiger partial charge in [0.1, 0.15) is 5.75 Å². The van der Waals surface area contributed by atoms with Crippen LogP contribution in [0.3, 0.4) is 0 Å². The minimum absolute atomic E-state index is 0.227. The van der Waals surface area contributed by atoms with Crippen molar-refractivity contribution in [2.75, 3.05) is 6.61 Å². The first-order valence-electron chi connectivity index (χ1n) is 6.41. The Balaban J connectivity index is 2.09. The molecule has 1 nitrogen and oxygen atoms in total. The minimum atomic E-state index is -0.227. The highest BCUT2D eigenvalue weighted by Gasteiger charge is 2.24. The summed E-state index contributed by atoms with van der Waals surface area (Å²) in [5.41, 5.74) is 4.52. The molecule has 0 radical (unpaired) electrons. The highest BCUT2D eigenvalue weighted by molar-refractivity contribution is 9.10. The average molecular weight is 417 g/mol. The molecule has 0 bridgehead atoms. The van der Waals surface area contributed by atoms with E-state index in [0.717, 1.165) is 38.8 Å². The third-order valence-corrected chi connectivity index (χ3v) is 5.09. The van der Waals surface area contributed by atoms with Gasteiger partial charge in [-0.05, 0) is 41.8 Å². The van der Waals surface area contributed by atoms with E-state index < -0.39 is 0 Å². The molecule has 3 rings (SSSR count). The van der Waals surface area contributed by atoms with Crippen LogP contribution in [0.15, 0.2) is 39.3 Å². The second-order valence-electron chi connectivity index (χ2n) is 4.97. The van der Waals surface area contributed by atoms with Crippen LogP contribution < -0.4 is 4.74 Å². The summed E-state index contributed by atoms with van der Waals surface area (Å²) < 4.78 is 7.85.